The Labute approximate surface area is 110 Å². The lowest BCUT2D eigenvalue weighted by Gasteiger charge is -2.10. The molecule has 0 amide bonds. The van der Waals surface area contributed by atoms with Crippen molar-refractivity contribution in [3.63, 3.8) is 0 Å². The molecule has 2 rings (SSSR count). The van der Waals surface area contributed by atoms with E-state index >= 15 is 0 Å². The van der Waals surface area contributed by atoms with E-state index in [-0.39, 0.29) is 11.4 Å². The van der Waals surface area contributed by atoms with Crippen LogP contribution in [-0.4, -0.2) is 21.0 Å². The van der Waals surface area contributed by atoms with Crippen LogP contribution in [0.3, 0.4) is 0 Å². The highest BCUT2D eigenvalue weighted by Gasteiger charge is 2.32. The van der Waals surface area contributed by atoms with Crippen molar-refractivity contribution in [1.82, 2.24) is 14.6 Å². The van der Waals surface area contributed by atoms with Crippen molar-refractivity contribution in [2.45, 2.75) is 41.0 Å². The molecule has 19 heavy (non-hydrogen) atoms. The third-order valence-corrected chi connectivity index (χ3v) is 1.75. The van der Waals surface area contributed by atoms with E-state index in [4.69, 9.17) is 0 Å². The first-order chi connectivity index (χ1) is 8.96. The maximum atomic E-state index is 12.0. The van der Waals surface area contributed by atoms with Gasteiger partial charge in [-0.1, -0.05) is 27.7 Å². The summed E-state index contributed by atoms with van der Waals surface area (Å²) in [6.07, 6.45) is -1.73. The molecule has 0 aliphatic rings. The highest BCUT2D eigenvalue weighted by molar-refractivity contribution is 5.44. The Morgan fingerprint density at radius 1 is 1.16 bits per heavy atom. The molecule has 0 unspecified atom stereocenters. The molecule has 0 radical (unpaired) electrons. The standard InChI is InChI=1S/C8H6F3N3O.2C2H6/c1-5-6(15-8(9,10)11)4-7-12-2-3-14(7)13-5;2*1-2/h2-4H,1H3;2*1-2H3. The first kappa shape index (κ1) is 17.2. The summed E-state index contributed by atoms with van der Waals surface area (Å²) in [5.41, 5.74) is 0.456. The number of aryl methyl sites for hydroxylation is 1. The van der Waals surface area contributed by atoms with Gasteiger partial charge < -0.3 is 4.74 Å². The van der Waals surface area contributed by atoms with Gasteiger partial charge in [0.2, 0.25) is 0 Å². The number of aromatic nitrogens is 3. The Bertz CT molecular complexity index is 494. The van der Waals surface area contributed by atoms with Crippen LogP contribution in [0.25, 0.3) is 5.65 Å². The maximum absolute atomic E-state index is 12.0. The zero-order chi connectivity index (χ0) is 15.1. The normalized spacial score (nSPS) is 10.1. The van der Waals surface area contributed by atoms with Crippen molar-refractivity contribution in [3.8, 4) is 5.75 Å². The Morgan fingerprint density at radius 2 is 1.74 bits per heavy atom. The van der Waals surface area contributed by atoms with E-state index in [1.807, 2.05) is 27.7 Å². The van der Waals surface area contributed by atoms with Crippen LogP contribution >= 0.6 is 0 Å². The van der Waals surface area contributed by atoms with Gasteiger partial charge in [-0.25, -0.2) is 9.50 Å². The van der Waals surface area contributed by atoms with Gasteiger partial charge >= 0.3 is 6.36 Å². The van der Waals surface area contributed by atoms with E-state index in [1.165, 1.54) is 23.7 Å². The van der Waals surface area contributed by atoms with E-state index in [0.717, 1.165) is 0 Å². The molecule has 108 valence electrons. The van der Waals surface area contributed by atoms with E-state index in [2.05, 4.69) is 14.8 Å². The SMILES string of the molecule is CC.CC.Cc1nn2ccnc2cc1OC(F)(F)F. The predicted molar refractivity (Wildman–Crippen MR) is 67.1 cm³/mol. The molecule has 2 aromatic rings. The Morgan fingerprint density at radius 3 is 2.26 bits per heavy atom. The quantitative estimate of drug-likeness (QED) is 0.791. The fraction of sp³-hybridized carbons (Fsp3) is 0.500. The van der Waals surface area contributed by atoms with Gasteiger partial charge in [0, 0.05) is 18.5 Å². The average Bonchev–Trinajstić information content (AvgIpc) is 2.80. The molecule has 0 aliphatic carbocycles. The molecule has 4 nitrogen and oxygen atoms in total. The minimum Gasteiger partial charge on any atom is -0.404 e. The maximum Gasteiger partial charge on any atom is 0.573 e. The summed E-state index contributed by atoms with van der Waals surface area (Å²) < 4.78 is 41.1. The fourth-order valence-corrected chi connectivity index (χ4v) is 1.16. The molecule has 2 aromatic heterocycles. The number of alkyl halides is 3. The first-order valence-corrected chi connectivity index (χ1v) is 6.02. The summed E-state index contributed by atoms with van der Waals surface area (Å²) in [6.45, 7) is 9.43. The minimum atomic E-state index is -4.71. The number of halogens is 3. The van der Waals surface area contributed by atoms with Crippen molar-refractivity contribution in [1.29, 1.82) is 0 Å². The number of rotatable bonds is 1. The summed E-state index contributed by atoms with van der Waals surface area (Å²) in [7, 11) is 0. The summed E-state index contributed by atoms with van der Waals surface area (Å²) in [5, 5.41) is 3.85. The van der Waals surface area contributed by atoms with Crippen molar-refractivity contribution >= 4 is 5.65 Å². The van der Waals surface area contributed by atoms with E-state index < -0.39 is 6.36 Å². The van der Waals surface area contributed by atoms with Crippen LogP contribution in [0.4, 0.5) is 13.2 Å². The fourth-order valence-electron chi connectivity index (χ4n) is 1.16. The molecule has 0 spiro atoms. The number of nitrogens with zero attached hydrogens (tertiary/aromatic N) is 3. The summed E-state index contributed by atoms with van der Waals surface area (Å²) in [5.74, 6) is -0.332. The van der Waals surface area contributed by atoms with Crippen molar-refractivity contribution < 1.29 is 17.9 Å². The monoisotopic (exact) mass is 277 g/mol. The van der Waals surface area contributed by atoms with Gasteiger partial charge in [-0.05, 0) is 6.92 Å². The molecule has 0 N–H and O–H groups in total. The molecule has 0 bridgehead atoms. The highest BCUT2D eigenvalue weighted by Crippen LogP contribution is 2.25. The predicted octanol–water partition coefficient (Wildman–Crippen LogP) is 3.99. The van der Waals surface area contributed by atoms with Gasteiger partial charge in [-0.3, -0.25) is 0 Å². The second kappa shape index (κ2) is 7.60. The Kier molecular flexibility index (Phi) is 6.89. The van der Waals surface area contributed by atoms with Crippen molar-refractivity contribution in [3.05, 3.63) is 24.2 Å². The lowest BCUT2D eigenvalue weighted by Crippen LogP contribution is -2.18. The lowest BCUT2D eigenvalue weighted by atomic mass is 10.4. The number of ether oxygens (including phenoxy) is 1. The number of imidazole rings is 1. The molecule has 2 heterocycles. The summed E-state index contributed by atoms with van der Waals surface area (Å²) in [6, 6.07) is 1.19. The van der Waals surface area contributed by atoms with Crippen LogP contribution < -0.4 is 4.74 Å². The number of hydrogen-bond acceptors (Lipinski definition) is 3. The molecule has 0 saturated carbocycles. The third-order valence-electron chi connectivity index (χ3n) is 1.75. The van der Waals surface area contributed by atoms with Crippen LogP contribution in [0.15, 0.2) is 18.5 Å². The number of fused-ring (bicyclic) bond motifs is 1. The third kappa shape index (κ3) is 5.15. The largest absolute Gasteiger partial charge is 0.573 e. The first-order valence-electron chi connectivity index (χ1n) is 6.02. The molecule has 0 fully saturated rings. The van der Waals surface area contributed by atoms with Gasteiger partial charge in [-0.2, -0.15) is 5.10 Å². The van der Waals surface area contributed by atoms with Crippen LogP contribution in [0, 0.1) is 6.92 Å². The van der Waals surface area contributed by atoms with Crippen LogP contribution in [0.5, 0.6) is 5.75 Å². The van der Waals surface area contributed by atoms with Crippen LogP contribution in [0.1, 0.15) is 33.4 Å². The molecule has 7 heteroatoms. The smallest absolute Gasteiger partial charge is 0.404 e. The van der Waals surface area contributed by atoms with Gasteiger partial charge in [0.15, 0.2) is 11.4 Å². The van der Waals surface area contributed by atoms with Gasteiger partial charge in [-0.15, -0.1) is 13.2 Å². The molecule has 0 aliphatic heterocycles. The highest BCUT2D eigenvalue weighted by atomic mass is 19.4. The zero-order valence-electron chi connectivity index (χ0n) is 11.6. The summed E-state index contributed by atoms with van der Waals surface area (Å²) >= 11 is 0. The average molecular weight is 277 g/mol. The second-order valence-corrected chi connectivity index (χ2v) is 2.87. The minimum absolute atomic E-state index is 0.151. The molecular formula is C12H18F3N3O. The van der Waals surface area contributed by atoms with Crippen molar-refractivity contribution in [2.75, 3.05) is 0 Å². The van der Waals surface area contributed by atoms with Gasteiger partial charge in [0.25, 0.3) is 0 Å². The topological polar surface area (TPSA) is 39.4 Å². The van der Waals surface area contributed by atoms with E-state index in [1.54, 1.807) is 6.20 Å². The Hall–Kier alpha value is -1.79. The van der Waals surface area contributed by atoms with Crippen molar-refractivity contribution in [2.24, 2.45) is 0 Å². The number of hydrogen-bond donors (Lipinski definition) is 0. The van der Waals surface area contributed by atoms with E-state index in [9.17, 15) is 13.2 Å². The zero-order valence-corrected chi connectivity index (χ0v) is 11.6. The van der Waals surface area contributed by atoms with Gasteiger partial charge in [0.1, 0.15) is 5.69 Å². The lowest BCUT2D eigenvalue weighted by molar-refractivity contribution is -0.275. The van der Waals surface area contributed by atoms with Crippen LogP contribution in [-0.2, 0) is 0 Å². The van der Waals surface area contributed by atoms with Crippen LogP contribution in [0.2, 0.25) is 0 Å². The Balaban J connectivity index is 0.000000741. The molecular weight excluding hydrogens is 259 g/mol. The molecule has 0 atom stereocenters. The molecule has 0 aromatic carbocycles. The summed E-state index contributed by atoms with van der Waals surface area (Å²) in [4.78, 5) is 3.80. The van der Waals surface area contributed by atoms with Gasteiger partial charge in [0.05, 0.1) is 0 Å². The van der Waals surface area contributed by atoms with E-state index in [0.29, 0.717) is 5.65 Å². The molecule has 0 saturated heterocycles. The second-order valence-electron chi connectivity index (χ2n) is 2.87.